The second-order valence-corrected chi connectivity index (χ2v) is 4.36. The second-order valence-electron chi connectivity index (χ2n) is 4.36. The zero-order chi connectivity index (χ0) is 7.90. The molecule has 64 valence electrons. The normalized spacial score (nSPS) is 39.8. The molecule has 1 aliphatic carbocycles. The number of likely N-dealkylation sites (tertiary alicyclic amines) is 1. The molecule has 0 amide bonds. The minimum atomic E-state index is -0.323. The highest BCUT2D eigenvalue weighted by Crippen LogP contribution is 2.39. The third kappa shape index (κ3) is 1.74. The van der Waals surface area contributed by atoms with Crippen LogP contribution in [0.2, 0.25) is 0 Å². The predicted octanol–water partition coefficient (Wildman–Crippen LogP) is 0.853. The third-order valence-corrected chi connectivity index (χ3v) is 2.89. The molecule has 2 nitrogen and oxygen atoms in total. The van der Waals surface area contributed by atoms with Gasteiger partial charge < -0.3 is 10.0 Å². The monoisotopic (exact) mass is 155 g/mol. The molecule has 2 rings (SSSR count). The molecule has 2 aliphatic rings. The summed E-state index contributed by atoms with van der Waals surface area (Å²) >= 11 is 0. The molecule has 0 aromatic rings. The van der Waals surface area contributed by atoms with E-state index in [9.17, 15) is 5.11 Å². The Labute approximate surface area is 68.2 Å². The molecule has 1 unspecified atom stereocenters. The van der Waals surface area contributed by atoms with Gasteiger partial charge in [0.2, 0.25) is 0 Å². The van der Waals surface area contributed by atoms with Crippen molar-refractivity contribution in [1.82, 2.24) is 4.90 Å². The standard InChI is InChI=1S/C9H17NO/c1-10-5-4-9(11,7-10)6-8-2-3-8/h8,11H,2-7H2,1H3. The minimum Gasteiger partial charge on any atom is -0.388 e. The van der Waals surface area contributed by atoms with Crippen molar-refractivity contribution in [3.63, 3.8) is 0 Å². The summed E-state index contributed by atoms with van der Waals surface area (Å²) in [5, 5.41) is 10.0. The van der Waals surface area contributed by atoms with Crippen molar-refractivity contribution in [2.75, 3.05) is 20.1 Å². The molecular weight excluding hydrogens is 138 g/mol. The van der Waals surface area contributed by atoms with Crippen molar-refractivity contribution in [3.05, 3.63) is 0 Å². The van der Waals surface area contributed by atoms with E-state index in [4.69, 9.17) is 0 Å². The van der Waals surface area contributed by atoms with Crippen molar-refractivity contribution < 1.29 is 5.11 Å². The van der Waals surface area contributed by atoms with Crippen LogP contribution in [-0.4, -0.2) is 35.7 Å². The molecule has 0 spiro atoms. The van der Waals surface area contributed by atoms with Gasteiger partial charge in [-0.2, -0.15) is 0 Å². The van der Waals surface area contributed by atoms with Crippen molar-refractivity contribution in [1.29, 1.82) is 0 Å². The summed E-state index contributed by atoms with van der Waals surface area (Å²) in [6.45, 7) is 1.96. The molecule has 11 heavy (non-hydrogen) atoms. The van der Waals surface area contributed by atoms with Gasteiger partial charge in [-0.05, 0) is 25.8 Å². The van der Waals surface area contributed by atoms with Crippen LogP contribution in [0.1, 0.15) is 25.7 Å². The molecule has 1 atom stereocenters. The summed E-state index contributed by atoms with van der Waals surface area (Å²) in [4.78, 5) is 2.22. The van der Waals surface area contributed by atoms with E-state index in [0.717, 1.165) is 31.8 Å². The van der Waals surface area contributed by atoms with Crippen molar-refractivity contribution in [3.8, 4) is 0 Å². The molecule has 1 saturated heterocycles. The molecule has 0 radical (unpaired) electrons. The summed E-state index contributed by atoms with van der Waals surface area (Å²) in [5.74, 6) is 0.853. The van der Waals surface area contributed by atoms with Gasteiger partial charge in [0, 0.05) is 13.1 Å². The fraction of sp³-hybridized carbons (Fsp3) is 1.00. The first-order valence-electron chi connectivity index (χ1n) is 4.59. The van der Waals surface area contributed by atoms with Crippen LogP contribution in [0.25, 0.3) is 0 Å². The number of likely N-dealkylation sites (N-methyl/N-ethyl adjacent to an activating group) is 1. The maximum atomic E-state index is 10.0. The van der Waals surface area contributed by atoms with Crippen LogP contribution in [-0.2, 0) is 0 Å². The first kappa shape index (κ1) is 7.56. The van der Waals surface area contributed by atoms with E-state index in [1.165, 1.54) is 12.8 Å². The lowest BCUT2D eigenvalue weighted by molar-refractivity contribution is 0.0376. The molecular formula is C9H17NO. The maximum Gasteiger partial charge on any atom is 0.0788 e. The summed E-state index contributed by atoms with van der Waals surface area (Å²) < 4.78 is 0. The summed E-state index contributed by atoms with van der Waals surface area (Å²) in [7, 11) is 2.09. The minimum absolute atomic E-state index is 0.323. The van der Waals surface area contributed by atoms with E-state index >= 15 is 0 Å². The molecule has 1 aliphatic heterocycles. The third-order valence-electron chi connectivity index (χ3n) is 2.89. The topological polar surface area (TPSA) is 23.5 Å². The smallest absolute Gasteiger partial charge is 0.0788 e. The summed E-state index contributed by atoms with van der Waals surface area (Å²) in [6.07, 6.45) is 4.75. The number of aliphatic hydroxyl groups is 1. The van der Waals surface area contributed by atoms with Crippen molar-refractivity contribution in [2.24, 2.45) is 5.92 Å². The van der Waals surface area contributed by atoms with Gasteiger partial charge in [-0.1, -0.05) is 12.8 Å². The van der Waals surface area contributed by atoms with Crippen molar-refractivity contribution in [2.45, 2.75) is 31.3 Å². The van der Waals surface area contributed by atoms with E-state index in [-0.39, 0.29) is 5.60 Å². The highest BCUT2D eigenvalue weighted by Gasteiger charge is 2.39. The number of hydrogen-bond donors (Lipinski definition) is 1. The van der Waals surface area contributed by atoms with Crippen LogP contribution in [0.5, 0.6) is 0 Å². The van der Waals surface area contributed by atoms with Crippen LogP contribution < -0.4 is 0 Å². The van der Waals surface area contributed by atoms with Gasteiger partial charge in [-0.25, -0.2) is 0 Å². The Bertz CT molecular complexity index is 156. The maximum absolute atomic E-state index is 10.0. The van der Waals surface area contributed by atoms with Gasteiger partial charge in [0.05, 0.1) is 5.60 Å². The van der Waals surface area contributed by atoms with Gasteiger partial charge in [0.25, 0.3) is 0 Å². The van der Waals surface area contributed by atoms with E-state index in [1.54, 1.807) is 0 Å². The van der Waals surface area contributed by atoms with Gasteiger partial charge in [0.1, 0.15) is 0 Å². The van der Waals surface area contributed by atoms with E-state index in [1.807, 2.05) is 0 Å². The molecule has 0 aromatic carbocycles. The number of nitrogens with zero attached hydrogens (tertiary/aromatic N) is 1. The zero-order valence-corrected chi connectivity index (χ0v) is 7.21. The van der Waals surface area contributed by atoms with Crippen LogP contribution >= 0.6 is 0 Å². The lowest BCUT2D eigenvalue weighted by Gasteiger charge is -2.21. The Morgan fingerprint density at radius 1 is 1.55 bits per heavy atom. The first-order chi connectivity index (χ1) is 5.18. The average Bonchev–Trinajstić information content (AvgIpc) is 2.62. The van der Waals surface area contributed by atoms with Crippen LogP contribution in [0, 0.1) is 5.92 Å². The molecule has 1 N–H and O–H groups in total. The molecule has 0 bridgehead atoms. The average molecular weight is 155 g/mol. The van der Waals surface area contributed by atoms with E-state index in [0.29, 0.717) is 0 Å². The number of hydrogen-bond acceptors (Lipinski definition) is 2. The van der Waals surface area contributed by atoms with E-state index in [2.05, 4.69) is 11.9 Å². The Morgan fingerprint density at radius 3 is 2.73 bits per heavy atom. The van der Waals surface area contributed by atoms with Crippen LogP contribution in [0.4, 0.5) is 0 Å². The molecule has 2 fully saturated rings. The van der Waals surface area contributed by atoms with E-state index < -0.39 is 0 Å². The molecule has 1 saturated carbocycles. The lowest BCUT2D eigenvalue weighted by atomic mass is 9.96. The molecule has 2 heteroatoms. The quantitative estimate of drug-likeness (QED) is 0.639. The highest BCUT2D eigenvalue weighted by atomic mass is 16.3. The lowest BCUT2D eigenvalue weighted by Crippen LogP contribution is -2.32. The van der Waals surface area contributed by atoms with Crippen LogP contribution in [0.15, 0.2) is 0 Å². The fourth-order valence-corrected chi connectivity index (χ4v) is 2.09. The first-order valence-corrected chi connectivity index (χ1v) is 4.59. The number of β-amino-alcohol motifs (C(OH)–C–C–N with tert-alkyl or cyclic N) is 1. The Morgan fingerprint density at radius 2 is 2.27 bits per heavy atom. The van der Waals surface area contributed by atoms with Gasteiger partial charge in [-0.15, -0.1) is 0 Å². The number of rotatable bonds is 2. The van der Waals surface area contributed by atoms with Gasteiger partial charge >= 0.3 is 0 Å². The van der Waals surface area contributed by atoms with Gasteiger partial charge in [-0.3, -0.25) is 0 Å². The van der Waals surface area contributed by atoms with Crippen molar-refractivity contribution >= 4 is 0 Å². The fourth-order valence-electron chi connectivity index (χ4n) is 2.09. The Balaban J connectivity index is 1.87. The second kappa shape index (κ2) is 2.46. The molecule has 0 aromatic heterocycles. The zero-order valence-electron chi connectivity index (χ0n) is 7.21. The Kier molecular flexibility index (Phi) is 1.69. The Hall–Kier alpha value is -0.0800. The predicted molar refractivity (Wildman–Crippen MR) is 44.4 cm³/mol. The van der Waals surface area contributed by atoms with Crippen LogP contribution in [0.3, 0.4) is 0 Å². The largest absolute Gasteiger partial charge is 0.388 e. The highest BCUT2D eigenvalue weighted by molar-refractivity contribution is 4.93. The van der Waals surface area contributed by atoms with Gasteiger partial charge in [0.15, 0.2) is 0 Å². The molecule has 1 heterocycles. The summed E-state index contributed by atoms with van der Waals surface area (Å²) in [6, 6.07) is 0. The SMILES string of the molecule is CN1CCC(O)(CC2CC2)C1. The summed E-state index contributed by atoms with van der Waals surface area (Å²) in [5.41, 5.74) is -0.323.